The van der Waals surface area contributed by atoms with E-state index in [1.165, 1.54) is 11.1 Å². The molecule has 0 bridgehead atoms. The Labute approximate surface area is 139 Å². The third kappa shape index (κ3) is 4.49. The van der Waals surface area contributed by atoms with Gasteiger partial charge in [-0.25, -0.2) is 0 Å². The lowest BCUT2D eigenvalue weighted by Gasteiger charge is -2.24. The van der Waals surface area contributed by atoms with Crippen molar-refractivity contribution in [3.8, 4) is 11.5 Å². The van der Waals surface area contributed by atoms with E-state index in [1.807, 2.05) is 19.1 Å². The summed E-state index contributed by atoms with van der Waals surface area (Å²) in [6.07, 6.45) is 1.01. The molecule has 0 aromatic heterocycles. The Morgan fingerprint density at radius 1 is 0.957 bits per heavy atom. The molecule has 0 heterocycles. The van der Waals surface area contributed by atoms with Crippen LogP contribution in [0.25, 0.3) is 0 Å². The molecule has 0 radical (unpaired) electrons. The van der Waals surface area contributed by atoms with Gasteiger partial charge in [-0.1, -0.05) is 43.3 Å². The van der Waals surface area contributed by atoms with Gasteiger partial charge in [-0.2, -0.15) is 0 Å². The lowest BCUT2D eigenvalue weighted by molar-refractivity contribution is 0.309. The minimum absolute atomic E-state index is 0.273. The van der Waals surface area contributed by atoms with Crippen molar-refractivity contribution in [2.24, 2.45) is 0 Å². The average molecular weight is 313 g/mol. The second kappa shape index (κ2) is 8.59. The van der Waals surface area contributed by atoms with E-state index in [0.29, 0.717) is 12.6 Å². The molecular formula is C20H27NO2. The number of nitrogens with one attached hydrogen (secondary N) is 1. The first-order chi connectivity index (χ1) is 11.2. The van der Waals surface area contributed by atoms with Gasteiger partial charge in [0.1, 0.15) is 0 Å². The van der Waals surface area contributed by atoms with Gasteiger partial charge in [0.05, 0.1) is 13.7 Å². The van der Waals surface area contributed by atoms with Crippen molar-refractivity contribution in [2.45, 2.75) is 39.3 Å². The molecule has 0 aliphatic heterocycles. The molecule has 2 atom stereocenters. The highest BCUT2D eigenvalue weighted by atomic mass is 16.5. The van der Waals surface area contributed by atoms with Crippen molar-refractivity contribution in [2.75, 3.05) is 13.7 Å². The number of hydrogen-bond donors (Lipinski definition) is 1. The van der Waals surface area contributed by atoms with Gasteiger partial charge in [0.25, 0.3) is 0 Å². The summed E-state index contributed by atoms with van der Waals surface area (Å²) < 4.78 is 11.1. The molecule has 3 nitrogen and oxygen atoms in total. The topological polar surface area (TPSA) is 30.5 Å². The maximum Gasteiger partial charge on any atom is 0.161 e. The van der Waals surface area contributed by atoms with Crippen molar-refractivity contribution in [1.82, 2.24) is 5.32 Å². The number of ether oxygens (including phenoxy) is 2. The zero-order valence-electron chi connectivity index (χ0n) is 14.5. The van der Waals surface area contributed by atoms with Crippen LogP contribution in [-0.2, 0) is 0 Å². The Morgan fingerprint density at radius 2 is 1.70 bits per heavy atom. The van der Waals surface area contributed by atoms with Crippen LogP contribution >= 0.6 is 0 Å². The van der Waals surface area contributed by atoms with E-state index < -0.39 is 0 Å². The Hall–Kier alpha value is -2.00. The van der Waals surface area contributed by atoms with Crippen LogP contribution in [0.1, 0.15) is 50.4 Å². The number of methoxy groups -OCH3 is 1. The summed E-state index contributed by atoms with van der Waals surface area (Å²) in [5.41, 5.74) is 2.52. The standard InChI is InChI=1S/C20H27NO2/c1-5-18(21-15(3)16-10-8-7-9-11-16)17-12-13-19(22-4)20(14-17)23-6-2/h7-15,18,21H,5-6H2,1-4H3/t15-,18+/m0/s1. The third-order valence-electron chi connectivity index (χ3n) is 4.05. The lowest BCUT2D eigenvalue weighted by Crippen LogP contribution is -2.24. The van der Waals surface area contributed by atoms with Crippen molar-refractivity contribution in [3.05, 3.63) is 59.7 Å². The summed E-state index contributed by atoms with van der Waals surface area (Å²) in [6.45, 7) is 7.01. The van der Waals surface area contributed by atoms with Gasteiger partial charge >= 0.3 is 0 Å². The summed E-state index contributed by atoms with van der Waals surface area (Å²) in [5.74, 6) is 1.58. The van der Waals surface area contributed by atoms with E-state index in [2.05, 4.69) is 55.6 Å². The lowest BCUT2D eigenvalue weighted by atomic mass is 10.0. The zero-order chi connectivity index (χ0) is 16.7. The molecule has 0 amide bonds. The van der Waals surface area contributed by atoms with E-state index in [0.717, 1.165) is 17.9 Å². The number of benzene rings is 2. The van der Waals surface area contributed by atoms with E-state index >= 15 is 0 Å². The van der Waals surface area contributed by atoms with Gasteiger partial charge in [-0.05, 0) is 43.5 Å². The van der Waals surface area contributed by atoms with Crippen molar-refractivity contribution in [3.63, 3.8) is 0 Å². The quantitative estimate of drug-likeness (QED) is 0.752. The van der Waals surface area contributed by atoms with Crippen LogP contribution in [0, 0.1) is 0 Å². The van der Waals surface area contributed by atoms with Gasteiger partial charge in [-0.15, -0.1) is 0 Å². The summed E-state index contributed by atoms with van der Waals surface area (Å²) in [6, 6.07) is 17.3. The van der Waals surface area contributed by atoms with Gasteiger partial charge in [0, 0.05) is 12.1 Å². The molecule has 0 saturated carbocycles. The average Bonchev–Trinajstić information content (AvgIpc) is 2.60. The van der Waals surface area contributed by atoms with Crippen molar-refractivity contribution in [1.29, 1.82) is 0 Å². The van der Waals surface area contributed by atoms with Crippen LogP contribution in [0.2, 0.25) is 0 Å². The highest BCUT2D eigenvalue weighted by Gasteiger charge is 2.16. The van der Waals surface area contributed by atoms with Crippen molar-refractivity contribution < 1.29 is 9.47 Å². The fourth-order valence-corrected chi connectivity index (χ4v) is 2.77. The van der Waals surface area contributed by atoms with Crippen LogP contribution in [-0.4, -0.2) is 13.7 Å². The minimum atomic E-state index is 0.273. The minimum Gasteiger partial charge on any atom is -0.493 e. The van der Waals surface area contributed by atoms with E-state index in [9.17, 15) is 0 Å². The molecule has 0 aliphatic carbocycles. The maximum absolute atomic E-state index is 5.70. The number of rotatable bonds is 8. The Kier molecular flexibility index (Phi) is 6.48. The van der Waals surface area contributed by atoms with Crippen LogP contribution in [0.15, 0.2) is 48.5 Å². The summed E-state index contributed by atoms with van der Waals surface area (Å²) >= 11 is 0. The first-order valence-corrected chi connectivity index (χ1v) is 8.31. The fourth-order valence-electron chi connectivity index (χ4n) is 2.77. The first-order valence-electron chi connectivity index (χ1n) is 8.31. The van der Waals surface area contributed by atoms with Crippen LogP contribution in [0.5, 0.6) is 11.5 Å². The molecular weight excluding hydrogens is 286 g/mol. The second-order valence-corrected chi connectivity index (χ2v) is 5.60. The summed E-state index contributed by atoms with van der Waals surface area (Å²) in [4.78, 5) is 0. The molecule has 0 spiro atoms. The van der Waals surface area contributed by atoms with E-state index in [-0.39, 0.29) is 6.04 Å². The van der Waals surface area contributed by atoms with E-state index in [1.54, 1.807) is 7.11 Å². The molecule has 3 heteroatoms. The molecule has 0 fully saturated rings. The van der Waals surface area contributed by atoms with E-state index in [4.69, 9.17) is 9.47 Å². The molecule has 2 aromatic carbocycles. The maximum atomic E-state index is 5.70. The smallest absolute Gasteiger partial charge is 0.161 e. The third-order valence-corrected chi connectivity index (χ3v) is 4.05. The summed E-state index contributed by atoms with van der Waals surface area (Å²) in [5, 5.41) is 3.71. The molecule has 23 heavy (non-hydrogen) atoms. The first kappa shape index (κ1) is 17.4. The molecule has 2 aromatic rings. The molecule has 0 aliphatic rings. The van der Waals surface area contributed by atoms with Gasteiger partial charge in [0.15, 0.2) is 11.5 Å². The van der Waals surface area contributed by atoms with Gasteiger partial charge in [-0.3, -0.25) is 0 Å². The van der Waals surface area contributed by atoms with Crippen LogP contribution in [0.3, 0.4) is 0 Å². The highest BCUT2D eigenvalue weighted by molar-refractivity contribution is 5.44. The molecule has 124 valence electrons. The van der Waals surface area contributed by atoms with Gasteiger partial charge < -0.3 is 14.8 Å². The molecule has 2 rings (SSSR count). The summed E-state index contributed by atoms with van der Waals surface area (Å²) in [7, 11) is 1.67. The normalized spacial score (nSPS) is 13.4. The Balaban J connectivity index is 2.18. The van der Waals surface area contributed by atoms with Crippen LogP contribution in [0.4, 0.5) is 0 Å². The second-order valence-electron chi connectivity index (χ2n) is 5.60. The predicted octanol–water partition coefficient (Wildman–Crippen LogP) is 4.90. The van der Waals surface area contributed by atoms with Gasteiger partial charge in [0.2, 0.25) is 0 Å². The SMILES string of the molecule is CCOc1cc([C@@H](CC)N[C@@H](C)c2ccccc2)ccc1OC. The fraction of sp³-hybridized carbons (Fsp3) is 0.400. The predicted molar refractivity (Wildman–Crippen MR) is 95.2 cm³/mol. The largest absolute Gasteiger partial charge is 0.493 e. The molecule has 0 saturated heterocycles. The zero-order valence-corrected chi connectivity index (χ0v) is 14.5. The Morgan fingerprint density at radius 3 is 2.30 bits per heavy atom. The van der Waals surface area contributed by atoms with Crippen molar-refractivity contribution >= 4 is 0 Å². The van der Waals surface area contributed by atoms with Crippen LogP contribution < -0.4 is 14.8 Å². The molecule has 0 unspecified atom stereocenters. The highest BCUT2D eigenvalue weighted by Crippen LogP contribution is 2.32. The monoisotopic (exact) mass is 313 g/mol. The Bertz CT molecular complexity index is 598. The molecule has 1 N–H and O–H groups in total. The number of hydrogen-bond acceptors (Lipinski definition) is 3.